The van der Waals surface area contributed by atoms with Gasteiger partial charge in [0.2, 0.25) is 0 Å². The summed E-state index contributed by atoms with van der Waals surface area (Å²) in [6, 6.07) is 0. The summed E-state index contributed by atoms with van der Waals surface area (Å²) in [4.78, 5) is 25.4. The Kier molecular flexibility index (Phi) is 2.54. The van der Waals surface area contributed by atoms with Gasteiger partial charge >= 0.3 is 5.97 Å². The summed E-state index contributed by atoms with van der Waals surface area (Å²) in [5.41, 5.74) is -1.00. The summed E-state index contributed by atoms with van der Waals surface area (Å²) in [7, 11) is 0. The number of aliphatic hydroxyl groups excluding tert-OH is 1. The molecule has 0 aromatic rings. The number of hydrogen-bond donors (Lipinski definition) is 1. The maximum Gasteiger partial charge on any atom is 0.310 e. The molecule has 4 aliphatic carbocycles. The van der Waals surface area contributed by atoms with Crippen LogP contribution in [-0.4, -0.2) is 42.3 Å². The number of rotatable bonds is 3. The molecule has 21 heavy (non-hydrogen) atoms. The number of carbonyl (C=O) groups is 2. The molecule has 5 nitrogen and oxygen atoms in total. The Morgan fingerprint density at radius 2 is 2.33 bits per heavy atom. The number of esters is 1. The third-order valence-electron chi connectivity index (χ3n) is 6.10. The fraction of sp³-hybridized carbons (Fsp3) is 0.750. The third kappa shape index (κ3) is 1.30. The molecule has 1 saturated heterocycles. The van der Waals surface area contributed by atoms with Crippen LogP contribution >= 0.6 is 0 Å². The zero-order chi connectivity index (χ0) is 14.9. The van der Waals surface area contributed by atoms with Crippen LogP contribution in [0.15, 0.2) is 11.6 Å². The van der Waals surface area contributed by atoms with E-state index in [2.05, 4.69) is 0 Å². The van der Waals surface area contributed by atoms with E-state index in [9.17, 15) is 14.7 Å². The molecule has 2 spiro atoms. The first-order chi connectivity index (χ1) is 10.1. The van der Waals surface area contributed by atoms with Gasteiger partial charge in [0.1, 0.15) is 0 Å². The lowest BCUT2D eigenvalue weighted by Crippen LogP contribution is -2.65. The second-order valence-electron chi connectivity index (χ2n) is 6.76. The smallest absolute Gasteiger partial charge is 0.310 e. The van der Waals surface area contributed by atoms with Crippen molar-refractivity contribution in [2.45, 2.75) is 38.2 Å². The van der Waals surface area contributed by atoms with Crippen LogP contribution in [0.2, 0.25) is 0 Å². The van der Waals surface area contributed by atoms with Crippen molar-refractivity contribution in [2.24, 2.45) is 16.7 Å². The standard InChI is InChI=1S/C16H20O5/c1-2-20-12(18)11-7-15-5-3-4-10(15)6-14(11,8-17)13(19)16(15)9-21-16/h6,11,17H,2-5,7-9H2,1H3/t11-,14-,15+,16-/m0/s1. The number of aliphatic hydroxyl groups is 1. The summed E-state index contributed by atoms with van der Waals surface area (Å²) in [6.45, 7) is 2.13. The Balaban J connectivity index is 1.87. The first-order valence-electron chi connectivity index (χ1n) is 7.75. The van der Waals surface area contributed by atoms with Gasteiger partial charge in [-0.25, -0.2) is 0 Å². The molecule has 5 rings (SSSR count). The van der Waals surface area contributed by atoms with E-state index < -0.39 is 16.9 Å². The molecule has 0 amide bonds. The Morgan fingerprint density at radius 1 is 1.57 bits per heavy atom. The number of ketones is 1. The van der Waals surface area contributed by atoms with Crippen LogP contribution in [0.4, 0.5) is 0 Å². The highest BCUT2D eigenvalue weighted by atomic mass is 16.6. The second kappa shape index (κ2) is 3.96. The van der Waals surface area contributed by atoms with Crippen molar-refractivity contribution in [1.82, 2.24) is 0 Å². The highest BCUT2D eigenvalue weighted by Gasteiger charge is 2.79. The van der Waals surface area contributed by atoms with Gasteiger partial charge in [-0.3, -0.25) is 9.59 Å². The zero-order valence-corrected chi connectivity index (χ0v) is 12.2. The lowest BCUT2D eigenvalue weighted by Gasteiger charge is -2.55. The molecule has 0 aromatic carbocycles. The van der Waals surface area contributed by atoms with Crippen molar-refractivity contribution in [2.75, 3.05) is 19.8 Å². The molecule has 2 bridgehead atoms. The number of hydrogen-bond acceptors (Lipinski definition) is 5. The Bertz CT molecular complexity index is 561. The van der Waals surface area contributed by atoms with Gasteiger partial charge in [-0.2, -0.15) is 0 Å². The summed E-state index contributed by atoms with van der Waals surface area (Å²) < 4.78 is 10.8. The number of ether oxygens (including phenoxy) is 2. The normalized spacial score (nSPS) is 46.5. The number of epoxide rings is 1. The average molecular weight is 292 g/mol. The predicted molar refractivity (Wildman–Crippen MR) is 72.3 cm³/mol. The minimum absolute atomic E-state index is 0.104. The first-order valence-corrected chi connectivity index (χ1v) is 7.75. The van der Waals surface area contributed by atoms with Gasteiger partial charge in [-0.15, -0.1) is 0 Å². The minimum atomic E-state index is -1.13. The molecule has 114 valence electrons. The minimum Gasteiger partial charge on any atom is -0.466 e. The topological polar surface area (TPSA) is 76.1 Å². The lowest BCUT2D eigenvalue weighted by molar-refractivity contribution is -0.171. The van der Waals surface area contributed by atoms with E-state index in [0.29, 0.717) is 13.0 Å². The Hall–Kier alpha value is -1.20. The largest absolute Gasteiger partial charge is 0.466 e. The molecule has 0 unspecified atom stereocenters. The van der Waals surface area contributed by atoms with Crippen LogP contribution in [0.5, 0.6) is 0 Å². The van der Waals surface area contributed by atoms with Crippen molar-refractivity contribution in [1.29, 1.82) is 0 Å². The highest BCUT2D eigenvalue weighted by molar-refractivity contribution is 6.04. The molecule has 5 aliphatic rings. The summed E-state index contributed by atoms with van der Waals surface area (Å²) in [5, 5.41) is 9.97. The molecule has 1 N–H and O–H groups in total. The van der Waals surface area contributed by atoms with Gasteiger partial charge in [0.15, 0.2) is 11.4 Å². The first kappa shape index (κ1) is 13.5. The quantitative estimate of drug-likeness (QED) is 0.477. The molecule has 2 saturated carbocycles. The molecule has 4 atom stereocenters. The highest BCUT2D eigenvalue weighted by Crippen LogP contribution is 2.71. The summed E-state index contributed by atoms with van der Waals surface area (Å²) in [6.07, 6.45) is 5.31. The van der Waals surface area contributed by atoms with E-state index in [0.717, 1.165) is 19.3 Å². The van der Waals surface area contributed by atoms with Gasteiger partial charge < -0.3 is 14.6 Å². The van der Waals surface area contributed by atoms with Crippen molar-refractivity contribution in [3.05, 3.63) is 11.6 Å². The fourth-order valence-electron chi connectivity index (χ4n) is 5.05. The zero-order valence-electron chi connectivity index (χ0n) is 12.2. The molecule has 0 radical (unpaired) electrons. The van der Waals surface area contributed by atoms with E-state index in [-0.39, 0.29) is 30.4 Å². The molecule has 1 heterocycles. The Morgan fingerprint density at radius 3 is 2.95 bits per heavy atom. The van der Waals surface area contributed by atoms with Gasteiger partial charge in [-0.1, -0.05) is 11.6 Å². The van der Waals surface area contributed by atoms with Crippen molar-refractivity contribution in [3.8, 4) is 0 Å². The average Bonchev–Trinajstić information content (AvgIpc) is 3.18. The summed E-state index contributed by atoms with van der Waals surface area (Å²) >= 11 is 0. The van der Waals surface area contributed by atoms with E-state index >= 15 is 0 Å². The predicted octanol–water partition coefficient (Wildman–Crippen LogP) is 0.996. The van der Waals surface area contributed by atoms with E-state index in [4.69, 9.17) is 9.47 Å². The van der Waals surface area contributed by atoms with Gasteiger partial charge in [-0.05, 0) is 32.6 Å². The van der Waals surface area contributed by atoms with Crippen LogP contribution in [0, 0.1) is 16.7 Å². The lowest BCUT2D eigenvalue weighted by atomic mass is 9.46. The molecule has 0 aromatic heterocycles. The molecule has 1 aliphatic heterocycles. The molecular formula is C16H20O5. The van der Waals surface area contributed by atoms with Gasteiger partial charge in [0, 0.05) is 5.41 Å². The van der Waals surface area contributed by atoms with E-state index in [1.807, 2.05) is 6.08 Å². The van der Waals surface area contributed by atoms with Crippen molar-refractivity contribution >= 4 is 11.8 Å². The maximum absolute atomic E-state index is 13.0. The van der Waals surface area contributed by atoms with E-state index in [1.54, 1.807) is 6.92 Å². The summed E-state index contributed by atoms with van der Waals surface area (Å²) in [5.74, 6) is -1.05. The molecule has 3 fully saturated rings. The monoisotopic (exact) mass is 292 g/mol. The van der Waals surface area contributed by atoms with Gasteiger partial charge in [0.25, 0.3) is 0 Å². The van der Waals surface area contributed by atoms with Gasteiger partial charge in [0.05, 0.1) is 31.2 Å². The third-order valence-corrected chi connectivity index (χ3v) is 6.10. The fourth-order valence-corrected chi connectivity index (χ4v) is 5.05. The maximum atomic E-state index is 13.0. The van der Waals surface area contributed by atoms with Crippen LogP contribution < -0.4 is 0 Å². The number of carbonyl (C=O) groups excluding carboxylic acids is 2. The van der Waals surface area contributed by atoms with Crippen LogP contribution in [-0.2, 0) is 19.1 Å². The second-order valence-corrected chi connectivity index (χ2v) is 6.76. The number of fused-ring (bicyclic) bond motifs is 1. The number of Topliss-reactive ketones (excluding diaryl/α,β-unsaturated/α-hetero) is 1. The SMILES string of the molecule is CCOC(=O)[C@@H]1C[C@]23CCCC2=C[C@@]1(CO)C(=O)[C@@]31CO1. The Labute approximate surface area is 123 Å². The molecular weight excluding hydrogens is 272 g/mol. The molecule has 5 heteroatoms. The van der Waals surface area contributed by atoms with Crippen LogP contribution in [0.25, 0.3) is 0 Å². The van der Waals surface area contributed by atoms with Crippen LogP contribution in [0.3, 0.4) is 0 Å². The van der Waals surface area contributed by atoms with Crippen molar-refractivity contribution in [3.63, 3.8) is 0 Å². The van der Waals surface area contributed by atoms with E-state index in [1.165, 1.54) is 5.57 Å². The van der Waals surface area contributed by atoms with Crippen molar-refractivity contribution < 1.29 is 24.2 Å². The van der Waals surface area contributed by atoms with Crippen LogP contribution in [0.1, 0.15) is 32.6 Å².